The largest absolute Gasteiger partial charge is 0.463 e. The van der Waals surface area contributed by atoms with Crippen molar-refractivity contribution in [2.24, 2.45) is 0 Å². The summed E-state index contributed by atoms with van der Waals surface area (Å²) >= 11 is 0. The van der Waals surface area contributed by atoms with Crippen molar-refractivity contribution in [3.8, 4) is 11.5 Å². The molecule has 0 spiro atoms. The third-order valence-electron chi connectivity index (χ3n) is 4.62. The molecule has 4 rings (SSSR count). The van der Waals surface area contributed by atoms with Gasteiger partial charge in [-0.15, -0.1) is 0 Å². The summed E-state index contributed by atoms with van der Waals surface area (Å²) < 4.78 is 29.2. The summed E-state index contributed by atoms with van der Waals surface area (Å²) in [6.45, 7) is 1.81. The number of rotatable bonds is 4. The van der Waals surface area contributed by atoms with Gasteiger partial charge in [0.05, 0.1) is 22.2 Å². The second kappa shape index (κ2) is 7.18. The molecular formula is C22H18N2O4S. The Balaban J connectivity index is 1.80. The normalized spacial score (nSPS) is 11.5. The van der Waals surface area contributed by atoms with Gasteiger partial charge in [0.2, 0.25) is 0 Å². The van der Waals surface area contributed by atoms with Crippen LogP contribution < -0.4 is 5.32 Å². The highest BCUT2D eigenvalue weighted by Crippen LogP contribution is 2.27. The predicted octanol–water partition coefficient (Wildman–Crippen LogP) is 4.46. The fraction of sp³-hybridized carbons (Fsp3) is 0.0909. The zero-order valence-corrected chi connectivity index (χ0v) is 16.7. The number of aryl methyl sites for hydroxylation is 1. The lowest BCUT2D eigenvalue weighted by Crippen LogP contribution is -2.14. The summed E-state index contributed by atoms with van der Waals surface area (Å²) in [4.78, 5) is 17.9. The number of para-hydroxylation sites is 1. The van der Waals surface area contributed by atoms with E-state index in [4.69, 9.17) is 4.42 Å². The van der Waals surface area contributed by atoms with Gasteiger partial charge in [0.15, 0.2) is 15.6 Å². The first-order chi connectivity index (χ1) is 13.8. The molecule has 4 aromatic rings. The maximum absolute atomic E-state index is 13.1. The summed E-state index contributed by atoms with van der Waals surface area (Å²) in [5.74, 6) is 0.199. The van der Waals surface area contributed by atoms with Gasteiger partial charge in [-0.05, 0) is 48.9 Å². The highest BCUT2D eigenvalue weighted by atomic mass is 32.2. The third-order valence-corrected chi connectivity index (χ3v) is 5.73. The summed E-state index contributed by atoms with van der Waals surface area (Å²) in [6.07, 6.45) is 2.68. The molecule has 0 aliphatic rings. The summed E-state index contributed by atoms with van der Waals surface area (Å²) in [5, 5.41) is 3.53. The quantitative estimate of drug-likeness (QED) is 0.540. The van der Waals surface area contributed by atoms with Crippen molar-refractivity contribution in [3.63, 3.8) is 0 Å². The number of pyridine rings is 1. The standard InChI is InChI=1S/C22H18N2O4S/c1-14-9-10-15(29(2,26)27)12-19(14)24-22(25)17-13-20(21-8-5-11-28-21)23-18-7-4-3-6-16(17)18/h3-13H,1-2H3,(H,24,25). The van der Waals surface area contributed by atoms with Crippen molar-refractivity contribution in [2.45, 2.75) is 11.8 Å². The Hall–Kier alpha value is -3.45. The van der Waals surface area contributed by atoms with Crippen molar-refractivity contribution >= 4 is 32.3 Å². The third kappa shape index (κ3) is 3.77. The van der Waals surface area contributed by atoms with E-state index >= 15 is 0 Å². The number of sulfone groups is 1. The molecule has 29 heavy (non-hydrogen) atoms. The van der Waals surface area contributed by atoms with Crippen LogP contribution in [0.5, 0.6) is 0 Å². The molecule has 6 nitrogen and oxygen atoms in total. The topological polar surface area (TPSA) is 89.3 Å². The van der Waals surface area contributed by atoms with Crippen LogP contribution >= 0.6 is 0 Å². The lowest BCUT2D eigenvalue weighted by atomic mass is 10.1. The molecule has 0 aliphatic carbocycles. The van der Waals surface area contributed by atoms with Crippen LogP contribution in [0, 0.1) is 6.92 Å². The SMILES string of the molecule is Cc1ccc(S(C)(=O)=O)cc1NC(=O)c1cc(-c2ccco2)nc2ccccc12. The van der Waals surface area contributed by atoms with E-state index in [2.05, 4.69) is 10.3 Å². The van der Waals surface area contributed by atoms with Crippen LogP contribution in [0.25, 0.3) is 22.4 Å². The fourth-order valence-corrected chi connectivity index (χ4v) is 3.72. The minimum absolute atomic E-state index is 0.147. The Kier molecular flexibility index (Phi) is 4.68. The summed E-state index contributed by atoms with van der Waals surface area (Å²) in [6, 6.07) is 17.2. The molecule has 0 fully saturated rings. The van der Waals surface area contributed by atoms with Crippen molar-refractivity contribution < 1.29 is 17.6 Å². The zero-order chi connectivity index (χ0) is 20.6. The van der Waals surface area contributed by atoms with Crippen molar-refractivity contribution in [3.05, 3.63) is 78.1 Å². The second-order valence-corrected chi connectivity index (χ2v) is 8.77. The number of hydrogen-bond donors (Lipinski definition) is 1. The van der Waals surface area contributed by atoms with E-state index in [0.29, 0.717) is 33.6 Å². The lowest BCUT2D eigenvalue weighted by molar-refractivity contribution is 0.102. The van der Waals surface area contributed by atoms with Crippen molar-refractivity contribution in [2.75, 3.05) is 11.6 Å². The number of anilines is 1. The van der Waals surface area contributed by atoms with Crippen LogP contribution in [0.4, 0.5) is 5.69 Å². The zero-order valence-electron chi connectivity index (χ0n) is 15.8. The molecule has 2 aromatic carbocycles. The van der Waals surface area contributed by atoms with E-state index in [0.717, 1.165) is 11.8 Å². The monoisotopic (exact) mass is 406 g/mol. The molecule has 0 bridgehead atoms. The van der Waals surface area contributed by atoms with Crippen molar-refractivity contribution in [1.82, 2.24) is 4.98 Å². The van der Waals surface area contributed by atoms with Crippen LogP contribution in [-0.2, 0) is 9.84 Å². The molecule has 7 heteroatoms. The predicted molar refractivity (Wildman–Crippen MR) is 112 cm³/mol. The number of aromatic nitrogens is 1. The first-order valence-electron chi connectivity index (χ1n) is 8.88. The maximum Gasteiger partial charge on any atom is 0.256 e. The molecule has 1 amide bonds. The second-order valence-electron chi connectivity index (χ2n) is 6.75. The van der Waals surface area contributed by atoms with E-state index in [9.17, 15) is 13.2 Å². The number of nitrogens with one attached hydrogen (secondary N) is 1. The van der Waals surface area contributed by atoms with E-state index in [1.807, 2.05) is 24.3 Å². The van der Waals surface area contributed by atoms with Crippen LogP contribution in [-0.4, -0.2) is 25.6 Å². The molecule has 1 N–H and O–H groups in total. The number of fused-ring (bicyclic) bond motifs is 1. The first kappa shape index (κ1) is 18.9. The molecule has 0 unspecified atom stereocenters. The lowest BCUT2D eigenvalue weighted by Gasteiger charge is -2.12. The van der Waals surface area contributed by atoms with Crippen molar-refractivity contribution in [1.29, 1.82) is 0 Å². The van der Waals surface area contributed by atoms with Crippen LogP contribution in [0.15, 0.2) is 76.2 Å². The van der Waals surface area contributed by atoms with Gasteiger partial charge in [-0.2, -0.15) is 0 Å². The number of carbonyl (C=O) groups excluding carboxylic acids is 1. The van der Waals surface area contributed by atoms with E-state index in [1.54, 1.807) is 37.5 Å². The molecule has 0 saturated carbocycles. The average molecular weight is 406 g/mol. The number of nitrogens with zero attached hydrogens (tertiary/aromatic N) is 1. The van der Waals surface area contributed by atoms with E-state index in [1.165, 1.54) is 12.1 Å². The maximum atomic E-state index is 13.1. The van der Waals surface area contributed by atoms with Gasteiger partial charge in [0.25, 0.3) is 5.91 Å². The van der Waals surface area contributed by atoms with Gasteiger partial charge < -0.3 is 9.73 Å². The highest BCUT2D eigenvalue weighted by molar-refractivity contribution is 7.90. The number of benzene rings is 2. The fourth-order valence-electron chi connectivity index (χ4n) is 3.07. The molecule has 0 radical (unpaired) electrons. The number of furan rings is 1. The molecule has 0 atom stereocenters. The molecule has 2 heterocycles. The smallest absolute Gasteiger partial charge is 0.256 e. The minimum atomic E-state index is -3.39. The first-order valence-corrected chi connectivity index (χ1v) is 10.8. The Labute approximate surface area is 168 Å². The van der Waals surface area contributed by atoms with Gasteiger partial charge >= 0.3 is 0 Å². The Bertz CT molecular complexity index is 1330. The van der Waals surface area contributed by atoms with Gasteiger partial charge in [-0.1, -0.05) is 24.3 Å². The summed E-state index contributed by atoms with van der Waals surface area (Å²) in [7, 11) is -3.39. The molecule has 146 valence electrons. The Morgan fingerprint density at radius 3 is 2.55 bits per heavy atom. The number of hydrogen-bond acceptors (Lipinski definition) is 5. The van der Waals surface area contributed by atoms with Gasteiger partial charge in [-0.3, -0.25) is 4.79 Å². The van der Waals surface area contributed by atoms with E-state index in [-0.39, 0.29) is 10.8 Å². The van der Waals surface area contributed by atoms with Gasteiger partial charge in [0.1, 0.15) is 5.69 Å². The molecule has 0 saturated heterocycles. The van der Waals surface area contributed by atoms with Gasteiger partial charge in [-0.25, -0.2) is 13.4 Å². The Morgan fingerprint density at radius 1 is 1.03 bits per heavy atom. The molecule has 2 aromatic heterocycles. The van der Waals surface area contributed by atoms with E-state index < -0.39 is 9.84 Å². The highest BCUT2D eigenvalue weighted by Gasteiger charge is 2.17. The Morgan fingerprint density at radius 2 is 1.83 bits per heavy atom. The molecular weight excluding hydrogens is 388 g/mol. The van der Waals surface area contributed by atoms with Gasteiger partial charge in [0, 0.05) is 17.3 Å². The molecule has 0 aliphatic heterocycles. The average Bonchev–Trinajstić information content (AvgIpc) is 3.22. The number of carbonyl (C=O) groups is 1. The minimum Gasteiger partial charge on any atom is -0.463 e. The summed E-state index contributed by atoms with van der Waals surface area (Å²) in [5.41, 5.74) is 2.83. The number of amides is 1. The van der Waals surface area contributed by atoms with Crippen LogP contribution in [0.2, 0.25) is 0 Å². The van der Waals surface area contributed by atoms with Crippen LogP contribution in [0.3, 0.4) is 0 Å². The van der Waals surface area contributed by atoms with Crippen LogP contribution in [0.1, 0.15) is 15.9 Å².